The summed E-state index contributed by atoms with van der Waals surface area (Å²) in [5.74, 6) is -1.41. The summed E-state index contributed by atoms with van der Waals surface area (Å²) in [6.45, 7) is 5.60. The van der Waals surface area contributed by atoms with Crippen LogP contribution in [0.3, 0.4) is 0 Å². The minimum absolute atomic E-state index is 0.153. The SMILES string of the molecule is CCOC(=O)C(=Cc1nnsc1N1CCCCC1)C(=O)OCC. The molecule has 7 nitrogen and oxygen atoms in total. The van der Waals surface area contributed by atoms with Gasteiger partial charge in [0.25, 0.3) is 0 Å². The zero-order valence-electron chi connectivity index (χ0n) is 13.4. The molecule has 0 aliphatic carbocycles. The molecule has 0 atom stereocenters. The first-order valence-corrected chi connectivity index (χ1v) is 8.58. The average molecular weight is 339 g/mol. The van der Waals surface area contributed by atoms with E-state index in [1.54, 1.807) is 13.8 Å². The van der Waals surface area contributed by atoms with Gasteiger partial charge < -0.3 is 14.4 Å². The molecule has 0 radical (unpaired) electrons. The minimum Gasteiger partial charge on any atom is -0.462 e. The van der Waals surface area contributed by atoms with Gasteiger partial charge in [0.05, 0.1) is 13.2 Å². The van der Waals surface area contributed by atoms with Crippen LogP contribution in [0.1, 0.15) is 38.8 Å². The van der Waals surface area contributed by atoms with E-state index in [2.05, 4.69) is 14.5 Å². The fourth-order valence-electron chi connectivity index (χ4n) is 2.36. The first-order chi connectivity index (χ1) is 11.2. The molecule has 1 aliphatic rings. The lowest BCUT2D eigenvalue weighted by atomic mass is 10.1. The van der Waals surface area contributed by atoms with E-state index >= 15 is 0 Å². The first kappa shape index (κ1) is 17.4. The lowest BCUT2D eigenvalue weighted by Gasteiger charge is -2.26. The van der Waals surface area contributed by atoms with Gasteiger partial charge in [-0.05, 0) is 39.2 Å². The summed E-state index contributed by atoms with van der Waals surface area (Å²) >= 11 is 1.26. The van der Waals surface area contributed by atoms with Crippen LogP contribution in [-0.4, -0.2) is 47.8 Å². The minimum atomic E-state index is -0.705. The van der Waals surface area contributed by atoms with Crippen LogP contribution in [0.25, 0.3) is 6.08 Å². The zero-order chi connectivity index (χ0) is 16.7. The molecule has 1 saturated heterocycles. The monoisotopic (exact) mass is 339 g/mol. The quantitative estimate of drug-likeness (QED) is 0.339. The Morgan fingerprint density at radius 2 is 1.74 bits per heavy atom. The standard InChI is InChI=1S/C15H21N3O4S/c1-3-21-14(19)11(15(20)22-4-2)10-12-13(23-17-16-12)18-8-6-5-7-9-18/h10H,3-9H2,1-2H3. The smallest absolute Gasteiger partial charge is 0.345 e. The molecule has 1 aromatic heterocycles. The average Bonchev–Trinajstić information content (AvgIpc) is 3.02. The largest absolute Gasteiger partial charge is 0.462 e. The Morgan fingerprint density at radius 3 is 2.30 bits per heavy atom. The maximum atomic E-state index is 12.0. The Morgan fingerprint density at radius 1 is 1.13 bits per heavy atom. The highest BCUT2D eigenvalue weighted by molar-refractivity contribution is 7.10. The van der Waals surface area contributed by atoms with Gasteiger partial charge in [0.1, 0.15) is 16.3 Å². The van der Waals surface area contributed by atoms with Crippen molar-refractivity contribution in [3.8, 4) is 0 Å². The molecule has 23 heavy (non-hydrogen) atoms. The number of carbonyl (C=O) groups is 2. The second kappa shape index (κ2) is 8.61. The van der Waals surface area contributed by atoms with Crippen LogP contribution in [0.15, 0.2) is 5.57 Å². The molecule has 1 fully saturated rings. The second-order valence-electron chi connectivity index (χ2n) is 5.01. The summed E-state index contributed by atoms with van der Waals surface area (Å²) in [6, 6.07) is 0. The molecule has 2 rings (SSSR count). The van der Waals surface area contributed by atoms with E-state index in [-0.39, 0.29) is 18.8 Å². The lowest BCUT2D eigenvalue weighted by molar-refractivity contribution is -0.146. The first-order valence-electron chi connectivity index (χ1n) is 7.80. The van der Waals surface area contributed by atoms with Crippen molar-refractivity contribution in [2.45, 2.75) is 33.1 Å². The summed E-state index contributed by atoms with van der Waals surface area (Å²) in [7, 11) is 0. The fourth-order valence-corrected chi connectivity index (χ4v) is 3.05. The maximum Gasteiger partial charge on any atom is 0.345 e. The fraction of sp³-hybridized carbons (Fsp3) is 0.600. The highest BCUT2D eigenvalue weighted by Gasteiger charge is 2.24. The third kappa shape index (κ3) is 4.51. The Bertz CT molecular complexity index is 559. The van der Waals surface area contributed by atoms with Crippen LogP contribution < -0.4 is 4.90 Å². The summed E-state index contributed by atoms with van der Waals surface area (Å²) in [6.07, 6.45) is 4.86. The highest BCUT2D eigenvalue weighted by Crippen LogP contribution is 2.28. The number of piperidine rings is 1. The van der Waals surface area contributed by atoms with E-state index in [0.717, 1.165) is 30.9 Å². The van der Waals surface area contributed by atoms with Crippen LogP contribution in [0.5, 0.6) is 0 Å². The van der Waals surface area contributed by atoms with Gasteiger partial charge in [-0.1, -0.05) is 4.49 Å². The molecule has 0 aromatic carbocycles. The molecular formula is C15H21N3O4S. The van der Waals surface area contributed by atoms with Gasteiger partial charge in [-0.3, -0.25) is 0 Å². The van der Waals surface area contributed by atoms with Crippen molar-refractivity contribution < 1.29 is 19.1 Å². The molecule has 0 spiro atoms. The van der Waals surface area contributed by atoms with Gasteiger partial charge in [0, 0.05) is 24.6 Å². The van der Waals surface area contributed by atoms with Gasteiger partial charge in [-0.2, -0.15) is 0 Å². The summed E-state index contributed by atoms with van der Waals surface area (Å²) in [5.41, 5.74) is 0.354. The van der Waals surface area contributed by atoms with Crippen LogP contribution >= 0.6 is 11.5 Å². The van der Waals surface area contributed by atoms with Crippen LogP contribution in [0.4, 0.5) is 5.00 Å². The van der Waals surface area contributed by atoms with E-state index < -0.39 is 11.9 Å². The Labute approximate surface area is 139 Å². The predicted octanol–water partition coefficient (Wildman–Crippen LogP) is 2.04. The number of nitrogens with zero attached hydrogens (tertiary/aromatic N) is 3. The molecule has 0 saturated carbocycles. The van der Waals surface area contributed by atoms with Gasteiger partial charge in [0.15, 0.2) is 0 Å². The maximum absolute atomic E-state index is 12.0. The van der Waals surface area contributed by atoms with Crippen LogP contribution in [-0.2, 0) is 19.1 Å². The molecule has 1 aromatic rings. The second-order valence-corrected chi connectivity index (χ2v) is 5.74. The van der Waals surface area contributed by atoms with E-state index in [1.165, 1.54) is 24.0 Å². The summed E-state index contributed by atoms with van der Waals surface area (Å²) in [4.78, 5) is 26.2. The van der Waals surface area contributed by atoms with Gasteiger partial charge in [-0.15, -0.1) is 5.10 Å². The van der Waals surface area contributed by atoms with Crippen molar-refractivity contribution in [2.75, 3.05) is 31.2 Å². The zero-order valence-corrected chi connectivity index (χ0v) is 14.2. The molecule has 0 unspecified atom stereocenters. The number of hydrogen-bond acceptors (Lipinski definition) is 8. The van der Waals surface area contributed by atoms with E-state index in [4.69, 9.17) is 9.47 Å². The number of esters is 2. The third-order valence-corrected chi connectivity index (χ3v) is 4.21. The van der Waals surface area contributed by atoms with Crippen molar-refractivity contribution >= 4 is 34.5 Å². The molecule has 0 N–H and O–H groups in total. The Hall–Kier alpha value is -1.96. The summed E-state index contributed by atoms with van der Waals surface area (Å²) < 4.78 is 13.8. The third-order valence-electron chi connectivity index (χ3n) is 3.41. The topological polar surface area (TPSA) is 81.6 Å². The normalized spacial score (nSPS) is 14.3. The number of aromatic nitrogens is 2. The number of anilines is 1. The Balaban J connectivity index is 2.29. The van der Waals surface area contributed by atoms with Gasteiger partial charge in [0.2, 0.25) is 0 Å². The highest BCUT2D eigenvalue weighted by atomic mass is 32.1. The predicted molar refractivity (Wildman–Crippen MR) is 87.2 cm³/mol. The molecular weight excluding hydrogens is 318 g/mol. The molecule has 126 valence electrons. The molecule has 8 heteroatoms. The Kier molecular flexibility index (Phi) is 6.52. The van der Waals surface area contributed by atoms with Crippen molar-refractivity contribution in [1.29, 1.82) is 0 Å². The van der Waals surface area contributed by atoms with Crippen LogP contribution in [0.2, 0.25) is 0 Å². The molecule has 0 bridgehead atoms. The van der Waals surface area contributed by atoms with Crippen molar-refractivity contribution in [2.24, 2.45) is 0 Å². The van der Waals surface area contributed by atoms with Crippen molar-refractivity contribution in [3.05, 3.63) is 11.3 Å². The number of carbonyl (C=O) groups excluding carboxylic acids is 2. The molecule has 1 aliphatic heterocycles. The van der Waals surface area contributed by atoms with Crippen molar-refractivity contribution in [3.63, 3.8) is 0 Å². The van der Waals surface area contributed by atoms with Gasteiger partial charge >= 0.3 is 11.9 Å². The van der Waals surface area contributed by atoms with Crippen molar-refractivity contribution in [1.82, 2.24) is 9.59 Å². The molecule has 0 amide bonds. The van der Waals surface area contributed by atoms with E-state index in [0.29, 0.717) is 5.69 Å². The van der Waals surface area contributed by atoms with Crippen LogP contribution in [0, 0.1) is 0 Å². The van der Waals surface area contributed by atoms with E-state index in [1.807, 2.05) is 0 Å². The lowest BCUT2D eigenvalue weighted by Crippen LogP contribution is -2.29. The number of ether oxygens (including phenoxy) is 2. The number of hydrogen-bond donors (Lipinski definition) is 0. The molecule has 2 heterocycles. The van der Waals surface area contributed by atoms with E-state index in [9.17, 15) is 9.59 Å². The summed E-state index contributed by atoms with van der Waals surface area (Å²) in [5, 5.41) is 4.92. The number of rotatable bonds is 6. The van der Waals surface area contributed by atoms with Gasteiger partial charge in [-0.25, -0.2) is 9.59 Å².